The molecule has 0 unspecified atom stereocenters. The maximum atomic E-state index is 12.1. The van der Waals surface area contributed by atoms with Crippen LogP contribution >= 0.6 is 0 Å². The normalized spacial score (nSPS) is 11.5. The molecular weight excluding hydrogens is 384 g/mol. The topological polar surface area (TPSA) is 69.2 Å². The molecule has 0 N–H and O–H groups in total. The monoisotopic (exact) mass is 404 g/mol. The number of para-hydroxylation sites is 1. The molecule has 4 aromatic rings. The van der Waals surface area contributed by atoms with E-state index in [0.29, 0.717) is 4.90 Å². The van der Waals surface area contributed by atoms with Gasteiger partial charge in [0.25, 0.3) is 0 Å². The Morgan fingerprint density at radius 2 is 1.69 bits per heavy atom. The zero-order valence-electron chi connectivity index (χ0n) is 16.2. The van der Waals surface area contributed by atoms with Gasteiger partial charge in [-0.1, -0.05) is 43.3 Å². The average molecular weight is 404 g/mol. The number of benzene rings is 3. The van der Waals surface area contributed by atoms with Crippen molar-refractivity contribution in [1.82, 2.24) is 9.97 Å². The van der Waals surface area contributed by atoms with Crippen molar-refractivity contribution in [3.63, 3.8) is 0 Å². The summed E-state index contributed by atoms with van der Waals surface area (Å²) in [6.45, 7) is 1.64. The summed E-state index contributed by atoms with van der Waals surface area (Å²) in [5, 5.41) is 0. The first-order chi connectivity index (χ1) is 14.0. The van der Waals surface area contributed by atoms with Crippen LogP contribution < -0.4 is 4.74 Å². The molecule has 0 saturated carbocycles. The summed E-state index contributed by atoms with van der Waals surface area (Å²) in [4.78, 5) is 9.74. The highest BCUT2D eigenvalue weighted by molar-refractivity contribution is 7.91. The van der Waals surface area contributed by atoms with Gasteiger partial charge in [0.15, 0.2) is 9.84 Å². The summed E-state index contributed by atoms with van der Waals surface area (Å²) < 4.78 is 29.5. The Kier molecular flexibility index (Phi) is 5.03. The number of aromatic nitrogens is 2. The van der Waals surface area contributed by atoms with Crippen molar-refractivity contribution in [2.45, 2.75) is 11.8 Å². The summed E-state index contributed by atoms with van der Waals surface area (Å²) in [6.07, 6.45) is 1.75. The fourth-order valence-corrected chi connectivity index (χ4v) is 4.08. The van der Waals surface area contributed by atoms with Gasteiger partial charge in [-0.15, -0.1) is 0 Å². The summed E-state index contributed by atoms with van der Waals surface area (Å²) in [7, 11) is -1.60. The fraction of sp³-hybridized carbons (Fsp3) is 0.130. The van der Waals surface area contributed by atoms with Crippen LogP contribution in [-0.2, 0) is 9.84 Å². The highest BCUT2D eigenvalue weighted by atomic mass is 32.2. The van der Waals surface area contributed by atoms with Gasteiger partial charge in [0.1, 0.15) is 5.75 Å². The number of sulfone groups is 1. The highest BCUT2D eigenvalue weighted by Crippen LogP contribution is 2.30. The number of fused-ring (bicyclic) bond motifs is 1. The van der Waals surface area contributed by atoms with Gasteiger partial charge < -0.3 is 4.74 Å². The Morgan fingerprint density at radius 1 is 0.931 bits per heavy atom. The number of hydrogen-bond acceptors (Lipinski definition) is 5. The fourth-order valence-electron chi connectivity index (χ4n) is 3.20. The van der Waals surface area contributed by atoms with Gasteiger partial charge in [0.2, 0.25) is 0 Å². The predicted molar refractivity (Wildman–Crippen MR) is 115 cm³/mol. The van der Waals surface area contributed by atoms with Crippen LogP contribution in [0.2, 0.25) is 0 Å². The largest absolute Gasteiger partial charge is 0.497 e. The van der Waals surface area contributed by atoms with E-state index in [-0.39, 0.29) is 5.75 Å². The van der Waals surface area contributed by atoms with Crippen LogP contribution in [0.25, 0.3) is 33.4 Å². The van der Waals surface area contributed by atoms with Crippen LogP contribution in [0.3, 0.4) is 0 Å². The summed E-state index contributed by atoms with van der Waals surface area (Å²) in [5.74, 6) is 0.834. The SMILES string of the molecule is CCS(=O)(=O)c1ccc(-c2cccc3ncc(-c4cccc(OC)c4)nc23)cc1. The quantitative estimate of drug-likeness (QED) is 0.479. The molecule has 3 aromatic carbocycles. The first kappa shape index (κ1) is 19.1. The molecule has 29 heavy (non-hydrogen) atoms. The van der Waals surface area contributed by atoms with Crippen molar-refractivity contribution < 1.29 is 13.2 Å². The zero-order valence-corrected chi connectivity index (χ0v) is 17.0. The Bertz CT molecular complexity index is 1280. The molecule has 0 aliphatic carbocycles. The second kappa shape index (κ2) is 7.64. The lowest BCUT2D eigenvalue weighted by Gasteiger charge is -2.09. The van der Waals surface area contributed by atoms with Gasteiger partial charge >= 0.3 is 0 Å². The van der Waals surface area contributed by atoms with Gasteiger partial charge in [-0.25, -0.2) is 13.4 Å². The van der Waals surface area contributed by atoms with Gasteiger partial charge in [0, 0.05) is 11.1 Å². The van der Waals surface area contributed by atoms with Gasteiger partial charge in [0.05, 0.1) is 40.7 Å². The standard InChI is InChI=1S/C23H20N2O3S/c1-3-29(26,27)19-12-10-16(11-13-19)20-8-5-9-21-23(20)25-22(15-24-21)17-6-4-7-18(14-17)28-2/h4-15H,3H2,1-2H3. The molecule has 5 nitrogen and oxygen atoms in total. The van der Waals surface area contributed by atoms with E-state index >= 15 is 0 Å². The predicted octanol–water partition coefficient (Wildman–Crippen LogP) is 4.77. The van der Waals surface area contributed by atoms with Crippen LogP contribution in [0.5, 0.6) is 5.75 Å². The third-order valence-corrected chi connectivity index (χ3v) is 6.59. The van der Waals surface area contributed by atoms with E-state index in [1.165, 1.54) is 0 Å². The molecule has 0 atom stereocenters. The first-order valence-electron chi connectivity index (χ1n) is 9.25. The van der Waals surface area contributed by atoms with E-state index < -0.39 is 9.84 Å². The third-order valence-electron chi connectivity index (χ3n) is 4.84. The molecular formula is C23H20N2O3S. The van der Waals surface area contributed by atoms with Crippen molar-refractivity contribution in [3.05, 3.63) is 72.9 Å². The van der Waals surface area contributed by atoms with Crippen LogP contribution in [-0.4, -0.2) is 31.2 Å². The molecule has 6 heteroatoms. The molecule has 1 heterocycles. The summed E-state index contributed by atoms with van der Waals surface area (Å²) in [5.41, 5.74) is 4.99. The van der Waals surface area contributed by atoms with Gasteiger partial charge in [-0.2, -0.15) is 0 Å². The molecule has 0 aliphatic heterocycles. The van der Waals surface area contributed by atoms with E-state index in [0.717, 1.165) is 39.2 Å². The smallest absolute Gasteiger partial charge is 0.178 e. The minimum atomic E-state index is -3.23. The van der Waals surface area contributed by atoms with E-state index in [1.807, 2.05) is 54.6 Å². The first-order valence-corrected chi connectivity index (χ1v) is 10.9. The maximum absolute atomic E-state index is 12.1. The molecule has 4 rings (SSSR count). The van der Waals surface area contributed by atoms with Crippen molar-refractivity contribution >= 4 is 20.9 Å². The van der Waals surface area contributed by atoms with E-state index in [2.05, 4.69) is 4.98 Å². The van der Waals surface area contributed by atoms with E-state index in [1.54, 1.807) is 32.4 Å². The molecule has 146 valence electrons. The van der Waals surface area contributed by atoms with Crippen LogP contribution in [0.15, 0.2) is 77.8 Å². The summed E-state index contributed by atoms with van der Waals surface area (Å²) in [6, 6.07) is 20.4. The number of hydrogen-bond donors (Lipinski definition) is 0. The Balaban J connectivity index is 1.83. The van der Waals surface area contributed by atoms with Crippen molar-refractivity contribution in [2.24, 2.45) is 0 Å². The van der Waals surface area contributed by atoms with E-state index in [9.17, 15) is 8.42 Å². The zero-order chi connectivity index (χ0) is 20.4. The number of ether oxygens (including phenoxy) is 1. The third kappa shape index (κ3) is 3.71. The molecule has 0 saturated heterocycles. The molecule has 1 aromatic heterocycles. The second-order valence-corrected chi connectivity index (χ2v) is 8.87. The molecule has 0 fully saturated rings. The molecule has 0 radical (unpaired) electrons. The summed E-state index contributed by atoms with van der Waals surface area (Å²) >= 11 is 0. The second-order valence-electron chi connectivity index (χ2n) is 6.59. The lowest BCUT2D eigenvalue weighted by molar-refractivity contribution is 0.415. The molecule has 0 aliphatic rings. The molecule has 0 spiro atoms. The van der Waals surface area contributed by atoms with Crippen molar-refractivity contribution in [3.8, 4) is 28.1 Å². The Labute approximate surface area is 170 Å². The lowest BCUT2D eigenvalue weighted by atomic mass is 10.0. The van der Waals surface area contributed by atoms with Crippen LogP contribution in [0.4, 0.5) is 0 Å². The molecule has 0 amide bonds. The van der Waals surface area contributed by atoms with Crippen molar-refractivity contribution in [1.29, 1.82) is 0 Å². The van der Waals surface area contributed by atoms with Crippen molar-refractivity contribution in [2.75, 3.05) is 12.9 Å². The number of rotatable bonds is 5. The van der Waals surface area contributed by atoms with Crippen LogP contribution in [0.1, 0.15) is 6.92 Å². The highest BCUT2D eigenvalue weighted by Gasteiger charge is 2.13. The average Bonchev–Trinajstić information content (AvgIpc) is 2.78. The Hall–Kier alpha value is -3.25. The van der Waals surface area contributed by atoms with Gasteiger partial charge in [-0.3, -0.25) is 4.98 Å². The minimum Gasteiger partial charge on any atom is -0.497 e. The number of methoxy groups -OCH3 is 1. The Morgan fingerprint density at radius 3 is 2.41 bits per heavy atom. The lowest BCUT2D eigenvalue weighted by Crippen LogP contribution is -2.03. The maximum Gasteiger partial charge on any atom is 0.178 e. The minimum absolute atomic E-state index is 0.0794. The molecule has 0 bridgehead atoms. The van der Waals surface area contributed by atoms with Gasteiger partial charge in [-0.05, 0) is 35.9 Å². The van der Waals surface area contributed by atoms with E-state index in [4.69, 9.17) is 9.72 Å². The number of nitrogens with zero attached hydrogens (tertiary/aromatic N) is 2. The van der Waals surface area contributed by atoms with Crippen LogP contribution in [0, 0.1) is 0 Å².